The van der Waals surface area contributed by atoms with Gasteiger partial charge in [-0.2, -0.15) is 16.7 Å². The second kappa shape index (κ2) is 7.14. The minimum absolute atomic E-state index is 0.0796. The zero-order valence-electron chi connectivity index (χ0n) is 13.1. The highest BCUT2D eigenvalue weighted by Crippen LogP contribution is 2.36. The molecule has 1 atom stereocenters. The SMILES string of the molecule is CCCC1(c2nc(CSC3CCCC3)no2)CCCNC1. The maximum Gasteiger partial charge on any atom is 0.234 e. The first-order chi connectivity index (χ1) is 10.3. The minimum atomic E-state index is 0.0796. The van der Waals surface area contributed by atoms with Crippen molar-refractivity contribution in [1.82, 2.24) is 15.5 Å². The third kappa shape index (κ3) is 3.62. The lowest BCUT2D eigenvalue weighted by Crippen LogP contribution is -2.43. The molecule has 1 aliphatic carbocycles. The van der Waals surface area contributed by atoms with Crippen LogP contribution in [0.4, 0.5) is 0 Å². The summed E-state index contributed by atoms with van der Waals surface area (Å²) in [5, 5.41) is 8.57. The number of nitrogens with zero attached hydrogens (tertiary/aromatic N) is 2. The van der Waals surface area contributed by atoms with Crippen molar-refractivity contribution in [2.45, 2.75) is 74.7 Å². The van der Waals surface area contributed by atoms with Crippen molar-refractivity contribution in [1.29, 1.82) is 0 Å². The summed E-state index contributed by atoms with van der Waals surface area (Å²) in [6.07, 6.45) is 10.2. The highest BCUT2D eigenvalue weighted by atomic mass is 32.2. The zero-order valence-corrected chi connectivity index (χ0v) is 13.9. The van der Waals surface area contributed by atoms with Gasteiger partial charge in [0.2, 0.25) is 5.89 Å². The lowest BCUT2D eigenvalue weighted by Gasteiger charge is -2.34. The van der Waals surface area contributed by atoms with Crippen LogP contribution in [0.15, 0.2) is 4.52 Å². The zero-order chi connectivity index (χ0) is 14.5. The van der Waals surface area contributed by atoms with Gasteiger partial charge in [0.05, 0.1) is 11.2 Å². The molecule has 0 aromatic carbocycles. The van der Waals surface area contributed by atoms with Crippen molar-refractivity contribution in [3.05, 3.63) is 11.7 Å². The Morgan fingerprint density at radius 3 is 2.90 bits per heavy atom. The molecule has 2 heterocycles. The van der Waals surface area contributed by atoms with E-state index in [1.54, 1.807) is 0 Å². The van der Waals surface area contributed by atoms with Gasteiger partial charge in [-0.3, -0.25) is 0 Å². The van der Waals surface area contributed by atoms with Crippen molar-refractivity contribution >= 4 is 11.8 Å². The second-order valence-corrected chi connectivity index (χ2v) is 7.83. The van der Waals surface area contributed by atoms with Crippen LogP contribution in [0.5, 0.6) is 0 Å². The van der Waals surface area contributed by atoms with Gasteiger partial charge in [0, 0.05) is 11.8 Å². The van der Waals surface area contributed by atoms with Gasteiger partial charge in [-0.15, -0.1) is 0 Å². The molecular weight excluding hydrogens is 282 g/mol. The van der Waals surface area contributed by atoms with Gasteiger partial charge in [0.15, 0.2) is 5.82 Å². The monoisotopic (exact) mass is 309 g/mol. The molecule has 1 N–H and O–H groups in total. The Morgan fingerprint density at radius 1 is 1.33 bits per heavy atom. The Hall–Kier alpha value is -0.550. The van der Waals surface area contributed by atoms with Crippen molar-refractivity contribution in [2.75, 3.05) is 13.1 Å². The average molecular weight is 309 g/mol. The molecule has 1 aliphatic heterocycles. The van der Waals surface area contributed by atoms with Crippen LogP contribution in [-0.4, -0.2) is 28.5 Å². The Balaban J connectivity index is 1.64. The van der Waals surface area contributed by atoms with E-state index in [-0.39, 0.29) is 5.41 Å². The maximum absolute atomic E-state index is 5.66. The average Bonchev–Trinajstić information content (AvgIpc) is 3.18. The Labute approximate surface area is 131 Å². The van der Waals surface area contributed by atoms with Crippen LogP contribution < -0.4 is 5.32 Å². The molecule has 1 saturated carbocycles. The van der Waals surface area contributed by atoms with E-state index in [0.29, 0.717) is 0 Å². The fraction of sp³-hybridized carbons (Fsp3) is 0.875. The molecule has 0 spiro atoms. The van der Waals surface area contributed by atoms with Gasteiger partial charge in [-0.1, -0.05) is 31.3 Å². The van der Waals surface area contributed by atoms with E-state index in [9.17, 15) is 0 Å². The molecule has 2 fully saturated rings. The molecule has 118 valence electrons. The van der Waals surface area contributed by atoms with E-state index >= 15 is 0 Å². The Bertz CT molecular complexity index is 431. The molecule has 21 heavy (non-hydrogen) atoms. The molecule has 1 aromatic heterocycles. The molecule has 0 amide bonds. The largest absolute Gasteiger partial charge is 0.339 e. The fourth-order valence-corrected chi connectivity index (χ4v) is 4.89. The van der Waals surface area contributed by atoms with E-state index in [4.69, 9.17) is 9.51 Å². The molecule has 1 saturated heterocycles. The summed E-state index contributed by atoms with van der Waals surface area (Å²) in [4.78, 5) is 4.75. The molecule has 1 aromatic rings. The first-order valence-corrected chi connectivity index (χ1v) is 9.53. The highest BCUT2D eigenvalue weighted by molar-refractivity contribution is 7.99. The van der Waals surface area contributed by atoms with Crippen LogP contribution in [0.3, 0.4) is 0 Å². The van der Waals surface area contributed by atoms with Crippen molar-refractivity contribution in [3.8, 4) is 0 Å². The lowest BCUT2D eigenvalue weighted by molar-refractivity contribution is 0.213. The summed E-state index contributed by atoms with van der Waals surface area (Å²) >= 11 is 2.01. The van der Waals surface area contributed by atoms with E-state index in [2.05, 4.69) is 17.4 Å². The van der Waals surface area contributed by atoms with Gasteiger partial charge >= 0.3 is 0 Å². The van der Waals surface area contributed by atoms with Gasteiger partial charge in [-0.05, 0) is 38.6 Å². The molecule has 0 bridgehead atoms. The van der Waals surface area contributed by atoms with E-state index in [0.717, 1.165) is 48.6 Å². The van der Waals surface area contributed by atoms with Gasteiger partial charge in [0.25, 0.3) is 0 Å². The Kier molecular flexibility index (Phi) is 5.22. The second-order valence-electron chi connectivity index (χ2n) is 6.54. The first kappa shape index (κ1) is 15.3. The lowest BCUT2D eigenvalue weighted by atomic mass is 9.77. The quantitative estimate of drug-likeness (QED) is 0.869. The maximum atomic E-state index is 5.66. The number of hydrogen-bond donors (Lipinski definition) is 1. The molecule has 0 radical (unpaired) electrons. The number of nitrogens with one attached hydrogen (secondary N) is 1. The van der Waals surface area contributed by atoms with Crippen LogP contribution in [0, 0.1) is 0 Å². The smallest absolute Gasteiger partial charge is 0.234 e. The summed E-state index contributed by atoms with van der Waals surface area (Å²) in [6, 6.07) is 0. The van der Waals surface area contributed by atoms with Crippen molar-refractivity contribution in [2.24, 2.45) is 0 Å². The standard InChI is InChI=1S/C16H27N3OS/c1-2-8-16(9-5-10-17-12-16)15-18-14(19-20-15)11-21-13-6-3-4-7-13/h13,17H,2-12H2,1H3. The van der Waals surface area contributed by atoms with Crippen LogP contribution in [0.1, 0.15) is 70.0 Å². The van der Waals surface area contributed by atoms with Crippen LogP contribution in [0.25, 0.3) is 0 Å². The third-order valence-electron chi connectivity index (χ3n) is 4.87. The number of rotatable bonds is 6. The molecule has 2 aliphatic rings. The normalized spacial score (nSPS) is 27.3. The molecule has 4 nitrogen and oxygen atoms in total. The molecule has 5 heteroatoms. The summed E-state index contributed by atoms with van der Waals surface area (Å²) < 4.78 is 5.66. The van der Waals surface area contributed by atoms with Crippen molar-refractivity contribution in [3.63, 3.8) is 0 Å². The Morgan fingerprint density at radius 2 is 2.19 bits per heavy atom. The number of piperidine rings is 1. The molecule has 3 rings (SSSR count). The summed E-state index contributed by atoms with van der Waals surface area (Å²) in [7, 11) is 0. The van der Waals surface area contributed by atoms with E-state index in [1.807, 2.05) is 11.8 Å². The van der Waals surface area contributed by atoms with Crippen LogP contribution in [-0.2, 0) is 11.2 Å². The summed E-state index contributed by atoms with van der Waals surface area (Å²) in [6.45, 7) is 4.34. The number of aromatic nitrogens is 2. The first-order valence-electron chi connectivity index (χ1n) is 8.48. The van der Waals surface area contributed by atoms with E-state index < -0.39 is 0 Å². The highest BCUT2D eigenvalue weighted by Gasteiger charge is 2.38. The van der Waals surface area contributed by atoms with Gasteiger partial charge in [0.1, 0.15) is 0 Å². The summed E-state index contributed by atoms with van der Waals surface area (Å²) in [5.74, 6) is 2.67. The summed E-state index contributed by atoms with van der Waals surface area (Å²) in [5.41, 5.74) is 0.0796. The molecular formula is C16H27N3OS. The third-order valence-corrected chi connectivity index (χ3v) is 6.24. The van der Waals surface area contributed by atoms with Crippen LogP contribution >= 0.6 is 11.8 Å². The van der Waals surface area contributed by atoms with Crippen molar-refractivity contribution < 1.29 is 4.52 Å². The van der Waals surface area contributed by atoms with Gasteiger partial charge < -0.3 is 9.84 Å². The van der Waals surface area contributed by atoms with Crippen LogP contribution in [0.2, 0.25) is 0 Å². The predicted molar refractivity (Wildman–Crippen MR) is 86.5 cm³/mol. The number of thioether (sulfide) groups is 1. The number of hydrogen-bond acceptors (Lipinski definition) is 5. The minimum Gasteiger partial charge on any atom is -0.339 e. The predicted octanol–water partition coefficient (Wildman–Crippen LogP) is 3.67. The topological polar surface area (TPSA) is 51.0 Å². The molecule has 1 unspecified atom stereocenters. The van der Waals surface area contributed by atoms with Gasteiger partial charge in [-0.25, -0.2) is 0 Å². The fourth-order valence-electron chi connectivity index (χ4n) is 3.72. The van der Waals surface area contributed by atoms with E-state index in [1.165, 1.54) is 38.5 Å².